The molecule has 0 unspecified atom stereocenters. The molecule has 0 radical (unpaired) electrons. The Kier molecular flexibility index (Phi) is 3.54. The van der Waals surface area contributed by atoms with Crippen LogP contribution in [0.3, 0.4) is 0 Å². The molecule has 0 aliphatic heterocycles. The fraction of sp³-hybridized carbons (Fsp3) is 0.125. The molecular weight excluding hydrogens is 256 g/mol. The molecule has 15 heavy (non-hydrogen) atoms. The fourth-order valence-electron chi connectivity index (χ4n) is 0.932. The second kappa shape index (κ2) is 4.34. The van der Waals surface area contributed by atoms with E-state index in [2.05, 4.69) is 12.2 Å². The summed E-state index contributed by atoms with van der Waals surface area (Å²) in [6.07, 6.45) is 0. The quantitative estimate of drug-likeness (QED) is 0.787. The molecule has 3 N–H and O–H groups in total. The summed E-state index contributed by atoms with van der Waals surface area (Å²) in [6.45, 7) is 1.78. The Bertz CT molecular complexity index is 499. The van der Waals surface area contributed by atoms with Crippen LogP contribution in [0.25, 0.3) is 0 Å². The molecule has 0 atom stereocenters. The van der Waals surface area contributed by atoms with Crippen molar-refractivity contribution in [2.75, 3.05) is 0 Å². The van der Waals surface area contributed by atoms with E-state index in [1.807, 2.05) is 4.72 Å². The third-order valence-electron chi connectivity index (χ3n) is 1.69. The Morgan fingerprint density at radius 2 is 2.13 bits per heavy atom. The fourth-order valence-corrected chi connectivity index (χ4v) is 2.41. The lowest BCUT2D eigenvalue weighted by atomic mass is 10.2. The van der Waals surface area contributed by atoms with Crippen LogP contribution in [0.1, 0.15) is 5.56 Å². The van der Waals surface area contributed by atoms with E-state index < -0.39 is 10.0 Å². The third kappa shape index (κ3) is 3.05. The number of nitrogens with two attached hydrogens (primary N) is 1. The average molecular weight is 265 g/mol. The molecule has 0 saturated heterocycles. The van der Waals surface area contributed by atoms with Crippen LogP contribution < -0.4 is 10.5 Å². The summed E-state index contributed by atoms with van der Waals surface area (Å²) in [6, 6.07) is 4.38. The summed E-state index contributed by atoms with van der Waals surface area (Å²) < 4.78 is 25.1. The highest BCUT2D eigenvalue weighted by atomic mass is 35.5. The molecule has 0 fully saturated rings. The summed E-state index contributed by atoms with van der Waals surface area (Å²) in [4.78, 5) is 0.0332. The minimum atomic E-state index is -3.70. The highest BCUT2D eigenvalue weighted by Gasteiger charge is 2.15. The third-order valence-corrected chi connectivity index (χ3v) is 3.69. The number of sulfonamides is 1. The molecule has 0 aliphatic carbocycles. The summed E-state index contributed by atoms with van der Waals surface area (Å²) in [7, 11) is -3.70. The van der Waals surface area contributed by atoms with E-state index in [4.69, 9.17) is 17.3 Å². The van der Waals surface area contributed by atoms with Crippen LogP contribution in [0, 0.1) is 6.92 Å². The van der Waals surface area contributed by atoms with Crippen LogP contribution in [0.5, 0.6) is 0 Å². The Morgan fingerprint density at radius 3 is 2.60 bits per heavy atom. The number of thiocarbonyl (C=S) groups is 1. The number of hydrogen-bond acceptors (Lipinski definition) is 3. The minimum Gasteiger partial charge on any atom is -0.376 e. The van der Waals surface area contributed by atoms with Crippen molar-refractivity contribution in [3.05, 3.63) is 28.8 Å². The van der Waals surface area contributed by atoms with Gasteiger partial charge in [-0.1, -0.05) is 17.7 Å². The molecule has 0 aliphatic rings. The van der Waals surface area contributed by atoms with E-state index in [0.717, 1.165) is 5.56 Å². The highest BCUT2D eigenvalue weighted by molar-refractivity contribution is 7.91. The first-order valence-electron chi connectivity index (χ1n) is 3.91. The largest absolute Gasteiger partial charge is 0.376 e. The molecule has 0 amide bonds. The van der Waals surface area contributed by atoms with E-state index in [9.17, 15) is 8.42 Å². The van der Waals surface area contributed by atoms with Gasteiger partial charge in [-0.05, 0) is 36.8 Å². The van der Waals surface area contributed by atoms with E-state index in [1.165, 1.54) is 12.1 Å². The lowest BCUT2D eigenvalue weighted by Gasteiger charge is -2.06. The van der Waals surface area contributed by atoms with Crippen molar-refractivity contribution in [2.24, 2.45) is 5.73 Å². The summed E-state index contributed by atoms with van der Waals surface area (Å²) in [5, 5.41) is 0.0764. The minimum absolute atomic E-state index is 0.0332. The lowest BCUT2D eigenvalue weighted by molar-refractivity contribution is 0.592. The van der Waals surface area contributed by atoms with Crippen LogP contribution in [0.4, 0.5) is 0 Å². The molecule has 0 saturated carbocycles. The average Bonchev–Trinajstić information content (AvgIpc) is 2.07. The van der Waals surface area contributed by atoms with Gasteiger partial charge in [0, 0.05) is 5.02 Å². The maximum Gasteiger partial charge on any atom is 0.263 e. The zero-order chi connectivity index (χ0) is 11.6. The summed E-state index contributed by atoms with van der Waals surface area (Å²) in [5.41, 5.74) is 5.89. The number of nitrogens with one attached hydrogen (secondary N) is 1. The van der Waals surface area contributed by atoms with E-state index in [1.54, 1.807) is 13.0 Å². The molecule has 7 heteroatoms. The van der Waals surface area contributed by atoms with Crippen molar-refractivity contribution in [1.82, 2.24) is 4.72 Å². The molecule has 0 heterocycles. The number of aryl methyl sites for hydroxylation is 1. The Morgan fingerprint density at radius 1 is 1.53 bits per heavy atom. The van der Waals surface area contributed by atoms with Crippen molar-refractivity contribution < 1.29 is 8.42 Å². The molecule has 82 valence electrons. The van der Waals surface area contributed by atoms with Crippen molar-refractivity contribution >= 4 is 39.0 Å². The molecular formula is C8H9ClN2O2S2. The van der Waals surface area contributed by atoms with Crippen LogP contribution in [0.15, 0.2) is 23.1 Å². The van der Waals surface area contributed by atoms with Gasteiger partial charge in [0.15, 0.2) is 5.11 Å². The Hall–Kier alpha value is -0.850. The highest BCUT2D eigenvalue weighted by Crippen LogP contribution is 2.19. The van der Waals surface area contributed by atoms with Crippen molar-refractivity contribution in [3.63, 3.8) is 0 Å². The topological polar surface area (TPSA) is 72.2 Å². The van der Waals surface area contributed by atoms with Crippen molar-refractivity contribution in [3.8, 4) is 0 Å². The van der Waals surface area contributed by atoms with Gasteiger partial charge in [-0.25, -0.2) is 8.42 Å². The van der Waals surface area contributed by atoms with Crippen molar-refractivity contribution in [1.29, 1.82) is 0 Å². The van der Waals surface area contributed by atoms with Crippen LogP contribution in [0.2, 0.25) is 5.02 Å². The van der Waals surface area contributed by atoms with Crippen LogP contribution >= 0.6 is 23.8 Å². The van der Waals surface area contributed by atoms with Gasteiger partial charge in [-0.15, -0.1) is 0 Å². The molecule has 0 aromatic heterocycles. The van der Waals surface area contributed by atoms with Crippen LogP contribution in [-0.2, 0) is 10.0 Å². The van der Waals surface area contributed by atoms with Gasteiger partial charge in [0.1, 0.15) is 0 Å². The van der Waals surface area contributed by atoms with Gasteiger partial charge in [0.05, 0.1) is 4.90 Å². The molecule has 1 aromatic carbocycles. The van der Waals surface area contributed by atoms with Gasteiger partial charge >= 0.3 is 0 Å². The van der Waals surface area contributed by atoms with Gasteiger partial charge in [0.25, 0.3) is 10.0 Å². The van der Waals surface area contributed by atoms with Crippen molar-refractivity contribution in [2.45, 2.75) is 11.8 Å². The zero-order valence-corrected chi connectivity index (χ0v) is 10.2. The van der Waals surface area contributed by atoms with Gasteiger partial charge in [-0.3, -0.25) is 4.72 Å². The van der Waals surface area contributed by atoms with Gasteiger partial charge < -0.3 is 5.73 Å². The number of rotatable bonds is 2. The first kappa shape index (κ1) is 12.2. The lowest BCUT2D eigenvalue weighted by Crippen LogP contribution is -2.34. The second-order valence-electron chi connectivity index (χ2n) is 2.88. The molecule has 0 spiro atoms. The zero-order valence-electron chi connectivity index (χ0n) is 7.82. The molecule has 4 nitrogen and oxygen atoms in total. The number of hydrogen-bond donors (Lipinski definition) is 2. The molecule has 1 aromatic rings. The molecule has 0 bridgehead atoms. The Balaban J connectivity index is 3.17. The summed E-state index contributed by atoms with van der Waals surface area (Å²) >= 11 is 10.3. The summed E-state index contributed by atoms with van der Waals surface area (Å²) in [5.74, 6) is 0. The van der Waals surface area contributed by atoms with Gasteiger partial charge in [-0.2, -0.15) is 0 Å². The predicted molar refractivity (Wildman–Crippen MR) is 63.3 cm³/mol. The number of halogens is 1. The molecule has 1 rings (SSSR count). The van der Waals surface area contributed by atoms with Crippen LogP contribution in [-0.4, -0.2) is 13.5 Å². The maximum absolute atomic E-state index is 11.6. The van der Waals surface area contributed by atoms with E-state index >= 15 is 0 Å². The maximum atomic E-state index is 11.6. The standard InChI is InChI=1S/C8H9ClN2O2S2/c1-5-2-3-6(4-7(5)9)15(12,13)11-8(10)14/h2-4H,1H3,(H3,10,11,14). The first-order valence-corrected chi connectivity index (χ1v) is 6.18. The monoisotopic (exact) mass is 264 g/mol. The Labute approximate surface area is 98.5 Å². The first-order chi connectivity index (χ1) is 6.83. The van der Waals surface area contributed by atoms with Gasteiger partial charge in [0.2, 0.25) is 0 Å². The smallest absolute Gasteiger partial charge is 0.263 e. The normalized spacial score (nSPS) is 11.1. The number of benzene rings is 1. The van der Waals surface area contributed by atoms with E-state index in [0.29, 0.717) is 5.02 Å². The van der Waals surface area contributed by atoms with E-state index in [-0.39, 0.29) is 10.0 Å². The SMILES string of the molecule is Cc1ccc(S(=O)(=O)NC(N)=S)cc1Cl. The second-order valence-corrected chi connectivity index (χ2v) is 5.41. The predicted octanol–water partition coefficient (Wildman–Crippen LogP) is 1.17.